The number of rotatable bonds is 1. The number of benzene rings is 1. The molecule has 0 radical (unpaired) electrons. The summed E-state index contributed by atoms with van der Waals surface area (Å²) in [5.41, 5.74) is 2.34. The molecule has 1 N–H and O–H groups in total. The average Bonchev–Trinajstić information content (AvgIpc) is 2.47. The number of hydrogen-bond acceptors (Lipinski definition) is 3. The lowest BCUT2D eigenvalue weighted by Gasteiger charge is -2.38. The number of fused-ring (bicyclic) bond motifs is 1. The number of para-hydroxylation sites is 1. The first-order valence-electron chi connectivity index (χ1n) is 6.03. The molecule has 1 aromatic rings. The summed E-state index contributed by atoms with van der Waals surface area (Å²) in [6.07, 6.45) is 1.88. The second kappa shape index (κ2) is 4.49. The largest absolute Gasteiger partial charge is 0.394 e. The van der Waals surface area contributed by atoms with Crippen LogP contribution >= 0.6 is 0 Å². The van der Waals surface area contributed by atoms with Gasteiger partial charge in [0, 0.05) is 29.5 Å². The monoisotopic (exact) mass is 232 g/mol. The fraction of sp³-hybridized carbons (Fsp3) is 0.500. The van der Waals surface area contributed by atoms with Crippen molar-refractivity contribution in [3.8, 4) is 0 Å². The van der Waals surface area contributed by atoms with Gasteiger partial charge in [0.05, 0.1) is 12.6 Å². The highest BCUT2D eigenvalue weighted by Crippen LogP contribution is 2.28. The molecule has 0 aromatic heterocycles. The highest BCUT2D eigenvalue weighted by atomic mass is 16.3. The van der Waals surface area contributed by atoms with Crippen LogP contribution in [-0.4, -0.2) is 36.1 Å². The van der Waals surface area contributed by atoms with Crippen molar-refractivity contribution in [2.24, 2.45) is 4.99 Å². The number of aliphatic hydroxyl groups is 1. The third kappa shape index (κ3) is 2.50. The van der Waals surface area contributed by atoms with E-state index in [2.05, 4.69) is 42.8 Å². The fourth-order valence-electron chi connectivity index (χ4n) is 2.12. The van der Waals surface area contributed by atoms with Gasteiger partial charge in [-0.1, -0.05) is 18.2 Å². The molecule has 0 unspecified atom stereocenters. The van der Waals surface area contributed by atoms with Gasteiger partial charge in [0.25, 0.3) is 0 Å². The van der Waals surface area contributed by atoms with Crippen molar-refractivity contribution in [2.75, 3.05) is 18.1 Å². The highest BCUT2D eigenvalue weighted by molar-refractivity contribution is 5.89. The second-order valence-corrected chi connectivity index (χ2v) is 5.45. The Bertz CT molecular complexity index is 420. The molecule has 2 rings (SSSR count). The summed E-state index contributed by atoms with van der Waals surface area (Å²) < 4.78 is 0. The molecule has 0 aliphatic carbocycles. The molecule has 0 spiro atoms. The zero-order chi connectivity index (χ0) is 12.5. The summed E-state index contributed by atoms with van der Waals surface area (Å²) in [7, 11) is 0. The van der Waals surface area contributed by atoms with E-state index in [1.807, 2.05) is 18.3 Å². The Morgan fingerprint density at radius 3 is 2.71 bits per heavy atom. The van der Waals surface area contributed by atoms with Crippen molar-refractivity contribution in [3.05, 3.63) is 29.8 Å². The third-order valence-electron chi connectivity index (χ3n) is 3.07. The van der Waals surface area contributed by atoms with Crippen molar-refractivity contribution >= 4 is 11.9 Å². The van der Waals surface area contributed by atoms with E-state index in [9.17, 15) is 5.11 Å². The van der Waals surface area contributed by atoms with Crippen LogP contribution in [0.25, 0.3) is 0 Å². The Kier molecular flexibility index (Phi) is 3.20. The van der Waals surface area contributed by atoms with Gasteiger partial charge in [-0.05, 0) is 26.8 Å². The van der Waals surface area contributed by atoms with Crippen LogP contribution in [0, 0.1) is 0 Å². The number of nitrogens with zero attached hydrogens (tertiary/aromatic N) is 2. The Morgan fingerprint density at radius 2 is 2.06 bits per heavy atom. The Balaban J connectivity index is 2.45. The van der Waals surface area contributed by atoms with Crippen LogP contribution in [0.3, 0.4) is 0 Å². The van der Waals surface area contributed by atoms with E-state index in [1.165, 1.54) is 5.69 Å². The van der Waals surface area contributed by atoms with Crippen molar-refractivity contribution in [1.29, 1.82) is 0 Å². The molecule has 92 valence electrons. The molecule has 3 nitrogen and oxygen atoms in total. The molecule has 3 heteroatoms. The molecule has 1 heterocycles. The van der Waals surface area contributed by atoms with Gasteiger partial charge in [-0.15, -0.1) is 0 Å². The minimum absolute atomic E-state index is 0.0250. The third-order valence-corrected chi connectivity index (χ3v) is 3.07. The molecule has 1 aromatic carbocycles. The number of benzodiazepines with no additional fused rings is 1. The van der Waals surface area contributed by atoms with Crippen LogP contribution in [-0.2, 0) is 0 Å². The Morgan fingerprint density at radius 1 is 1.35 bits per heavy atom. The summed E-state index contributed by atoms with van der Waals surface area (Å²) in [6.45, 7) is 7.40. The first-order chi connectivity index (χ1) is 8.02. The molecule has 1 atom stereocenters. The van der Waals surface area contributed by atoms with Gasteiger partial charge in [0.2, 0.25) is 0 Å². The molecule has 0 saturated heterocycles. The van der Waals surface area contributed by atoms with E-state index < -0.39 is 0 Å². The van der Waals surface area contributed by atoms with Crippen LogP contribution in [0.4, 0.5) is 5.69 Å². The number of hydrogen-bond donors (Lipinski definition) is 1. The summed E-state index contributed by atoms with van der Waals surface area (Å²) >= 11 is 0. The molecule has 1 aliphatic heterocycles. The van der Waals surface area contributed by atoms with Crippen molar-refractivity contribution in [1.82, 2.24) is 0 Å². The zero-order valence-electron chi connectivity index (χ0n) is 10.7. The van der Waals surface area contributed by atoms with Gasteiger partial charge in [0.1, 0.15) is 0 Å². The number of aliphatic imine (C=N–C) groups is 1. The SMILES string of the molecule is CC(C)(C)N1C[C@@H](CO)N=Cc2ccccc21. The quantitative estimate of drug-likeness (QED) is 0.804. The van der Waals surface area contributed by atoms with Gasteiger partial charge >= 0.3 is 0 Å². The van der Waals surface area contributed by atoms with E-state index in [-0.39, 0.29) is 18.2 Å². The van der Waals surface area contributed by atoms with Crippen LogP contribution in [0.15, 0.2) is 29.3 Å². The topological polar surface area (TPSA) is 35.8 Å². The highest BCUT2D eigenvalue weighted by Gasteiger charge is 2.27. The lowest BCUT2D eigenvalue weighted by Crippen LogP contribution is -2.45. The lowest BCUT2D eigenvalue weighted by molar-refractivity contribution is 0.264. The van der Waals surface area contributed by atoms with E-state index >= 15 is 0 Å². The lowest BCUT2D eigenvalue weighted by atomic mass is 10.0. The van der Waals surface area contributed by atoms with Gasteiger partial charge in [0.15, 0.2) is 0 Å². The maximum atomic E-state index is 9.34. The minimum Gasteiger partial charge on any atom is -0.394 e. The maximum absolute atomic E-state index is 9.34. The molecule has 0 amide bonds. The van der Waals surface area contributed by atoms with E-state index in [4.69, 9.17) is 0 Å². The van der Waals surface area contributed by atoms with Gasteiger partial charge in [-0.25, -0.2) is 0 Å². The summed E-state index contributed by atoms with van der Waals surface area (Å²) in [5, 5.41) is 9.34. The van der Waals surface area contributed by atoms with Crippen molar-refractivity contribution in [2.45, 2.75) is 32.4 Å². The van der Waals surface area contributed by atoms with Gasteiger partial charge in [-0.2, -0.15) is 0 Å². The van der Waals surface area contributed by atoms with Crippen molar-refractivity contribution < 1.29 is 5.11 Å². The standard InChI is InChI=1S/C14H20N2O/c1-14(2,3)16-9-12(10-17)15-8-11-6-4-5-7-13(11)16/h4-8,12,17H,9-10H2,1-3H3/t12-/m0/s1. The smallest absolute Gasteiger partial charge is 0.0905 e. The zero-order valence-corrected chi connectivity index (χ0v) is 10.7. The molecule has 0 fully saturated rings. The van der Waals surface area contributed by atoms with Gasteiger partial charge in [-0.3, -0.25) is 4.99 Å². The molecular formula is C14H20N2O. The number of anilines is 1. The van der Waals surface area contributed by atoms with E-state index in [0.29, 0.717) is 0 Å². The van der Waals surface area contributed by atoms with E-state index in [0.717, 1.165) is 12.1 Å². The fourth-order valence-corrected chi connectivity index (χ4v) is 2.12. The second-order valence-electron chi connectivity index (χ2n) is 5.45. The van der Waals surface area contributed by atoms with Crippen LogP contribution < -0.4 is 4.90 Å². The van der Waals surface area contributed by atoms with Crippen LogP contribution in [0.5, 0.6) is 0 Å². The van der Waals surface area contributed by atoms with E-state index in [1.54, 1.807) is 0 Å². The molecule has 0 saturated carbocycles. The first kappa shape index (κ1) is 12.1. The molecule has 17 heavy (non-hydrogen) atoms. The summed E-state index contributed by atoms with van der Waals surface area (Å²) in [5.74, 6) is 0. The van der Waals surface area contributed by atoms with Crippen LogP contribution in [0.1, 0.15) is 26.3 Å². The van der Waals surface area contributed by atoms with Crippen molar-refractivity contribution in [3.63, 3.8) is 0 Å². The van der Waals surface area contributed by atoms with Crippen LogP contribution in [0.2, 0.25) is 0 Å². The normalized spacial score (nSPS) is 20.0. The summed E-state index contributed by atoms with van der Waals surface area (Å²) in [4.78, 5) is 6.75. The number of aliphatic hydroxyl groups excluding tert-OH is 1. The predicted molar refractivity (Wildman–Crippen MR) is 72.0 cm³/mol. The maximum Gasteiger partial charge on any atom is 0.0905 e. The molecular weight excluding hydrogens is 212 g/mol. The minimum atomic E-state index is -0.0402. The first-order valence-corrected chi connectivity index (χ1v) is 6.03. The molecule has 0 bridgehead atoms. The molecule has 1 aliphatic rings. The average molecular weight is 232 g/mol. The predicted octanol–water partition coefficient (Wildman–Crippen LogP) is 2.08. The Hall–Kier alpha value is -1.35. The summed E-state index contributed by atoms with van der Waals surface area (Å²) in [6, 6.07) is 8.21. The Labute approximate surface area is 103 Å². The van der Waals surface area contributed by atoms with Gasteiger partial charge < -0.3 is 10.0 Å².